The van der Waals surface area contributed by atoms with Crippen molar-refractivity contribution in [1.29, 1.82) is 5.26 Å². The Morgan fingerprint density at radius 3 is 2.81 bits per heavy atom. The van der Waals surface area contributed by atoms with Crippen molar-refractivity contribution >= 4 is 28.2 Å². The van der Waals surface area contributed by atoms with Crippen molar-refractivity contribution in [1.82, 2.24) is 9.55 Å². The van der Waals surface area contributed by atoms with E-state index < -0.39 is 5.91 Å². The molecule has 4 N–H and O–H groups in total. The molecule has 0 unspecified atom stereocenters. The molecule has 1 aliphatic rings. The average molecular weight is 361 g/mol. The highest BCUT2D eigenvalue weighted by Gasteiger charge is 2.23. The smallest absolute Gasteiger partial charge is 0.259 e. The van der Waals surface area contributed by atoms with Gasteiger partial charge >= 0.3 is 0 Å². The Morgan fingerprint density at radius 2 is 2.11 bits per heavy atom. The fourth-order valence-corrected chi connectivity index (χ4v) is 3.86. The molecule has 0 aliphatic heterocycles. The molecule has 27 heavy (non-hydrogen) atoms. The van der Waals surface area contributed by atoms with Crippen LogP contribution in [0.1, 0.15) is 47.6 Å². The molecule has 0 spiro atoms. The minimum Gasteiger partial charge on any atom is -0.366 e. The molecule has 0 radical (unpaired) electrons. The first-order valence-electron chi connectivity index (χ1n) is 8.91. The highest BCUT2D eigenvalue weighted by molar-refractivity contribution is 5.98. The van der Waals surface area contributed by atoms with Crippen LogP contribution < -0.4 is 16.6 Å². The van der Waals surface area contributed by atoms with Crippen LogP contribution in [0.25, 0.3) is 10.9 Å². The second-order valence-corrected chi connectivity index (χ2v) is 6.83. The summed E-state index contributed by atoms with van der Waals surface area (Å²) < 4.78 is 2.05. The number of amides is 1. The summed E-state index contributed by atoms with van der Waals surface area (Å²) in [7, 11) is 0. The Labute approximate surface area is 155 Å². The van der Waals surface area contributed by atoms with Gasteiger partial charge in [-0.1, -0.05) is 18.9 Å². The van der Waals surface area contributed by atoms with Gasteiger partial charge in [0.1, 0.15) is 6.07 Å². The van der Waals surface area contributed by atoms with E-state index in [-0.39, 0.29) is 11.6 Å². The molecule has 136 valence electrons. The molecule has 3 aromatic rings. The van der Waals surface area contributed by atoms with Crippen LogP contribution in [-0.2, 0) is 0 Å². The first kappa shape index (κ1) is 16.9. The lowest BCUT2D eigenvalue weighted by molar-refractivity contribution is 0.100. The van der Waals surface area contributed by atoms with Gasteiger partial charge < -0.3 is 20.6 Å². The second-order valence-electron chi connectivity index (χ2n) is 6.83. The number of carbonyl (C=O) groups excluding carboxylic acids is 1. The number of aromatic nitrogens is 2. The van der Waals surface area contributed by atoms with Gasteiger partial charge in [0.25, 0.3) is 5.56 Å². The van der Waals surface area contributed by atoms with Crippen LogP contribution in [0, 0.1) is 11.3 Å². The van der Waals surface area contributed by atoms with Gasteiger partial charge in [0.05, 0.1) is 22.2 Å². The van der Waals surface area contributed by atoms with E-state index in [9.17, 15) is 14.9 Å². The molecule has 7 heteroatoms. The number of nitriles is 1. The van der Waals surface area contributed by atoms with Crippen LogP contribution in [-0.4, -0.2) is 15.5 Å². The molecule has 0 atom stereocenters. The number of hydrogen-bond acceptors (Lipinski definition) is 4. The molecule has 1 amide bonds. The number of rotatable bonds is 4. The Balaban J connectivity index is 1.88. The first-order chi connectivity index (χ1) is 13.1. The number of benzene rings is 1. The Bertz CT molecular complexity index is 1130. The number of H-pyrrole nitrogens is 1. The van der Waals surface area contributed by atoms with Crippen molar-refractivity contribution in [2.75, 3.05) is 5.32 Å². The number of carbonyl (C=O) groups is 1. The molecular weight excluding hydrogens is 342 g/mol. The number of nitrogens with zero attached hydrogens (tertiary/aromatic N) is 2. The van der Waals surface area contributed by atoms with E-state index in [2.05, 4.69) is 20.9 Å². The zero-order valence-corrected chi connectivity index (χ0v) is 14.7. The molecule has 1 aromatic carbocycles. The van der Waals surface area contributed by atoms with Gasteiger partial charge in [0.15, 0.2) is 0 Å². The Hall–Kier alpha value is -3.53. The van der Waals surface area contributed by atoms with Gasteiger partial charge in [-0.15, -0.1) is 0 Å². The molecule has 2 heterocycles. The fourth-order valence-electron chi connectivity index (χ4n) is 3.86. The second kappa shape index (κ2) is 6.65. The van der Waals surface area contributed by atoms with Gasteiger partial charge in [-0.2, -0.15) is 5.26 Å². The summed E-state index contributed by atoms with van der Waals surface area (Å²) in [6, 6.07) is 9.26. The lowest BCUT2D eigenvalue weighted by Gasteiger charge is -2.13. The number of primary amides is 1. The van der Waals surface area contributed by atoms with Crippen LogP contribution in [0.5, 0.6) is 0 Å². The third-order valence-electron chi connectivity index (χ3n) is 5.13. The topological polar surface area (TPSA) is 117 Å². The number of nitrogens with one attached hydrogen (secondary N) is 2. The maximum Gasteiger partial charge on any atom is 0.259 e. The third-order valence-corrected chi connectivity index (χ3v) is 5.13. The summed E-state index contributed by atoms with van der Waals surface area (Å²) >= 11 is 0. The highest BCUT2D eigenvalue weighted by atomic mass is 16.1. The van der Waals surface area contributed by atoms with Gasteiger partial charge in [-0.05, 0) is 31.0 Å². The predicted molar refractivity (Wildman–Crippen MR) is 103 cm³/mol. The van der Waals surface area contributed by atoms with Crippen molar-refractivity contribution < 1.29 is 4.79 Å². The molecule has 7 nitrogen and oxygen atoms in total. The van der Waals surface area contributed by atoms with E-state index in [0.29, 0.717) is 33.4 Å². The minimum atomic E-state index is -0.517. The maximum atomic E-state index is 12.6. The number of fused-ring (bicyclic) bond motifs is 1. The summed E-state index contributed by atoms with van der Waals surface area (Å²) in [5.74, 6) is -0.517. The van der Waals surface area contributed by atoms with Crippen molar-refractivity contribution in [2.45, 2.75) is 31.7 Å². The number of nitrogens with two attached hydrogens (primary N) is 1. The summed E-state index contributed by atoms with van der Waals surface area (Å²) in [5, 5.41) is 13.2. The average Bonchev–Trinajstić information content (AvgIpc) is 3.31. The Morgan fingerprint density at radius 1 is 1.33 bits per heavy atom. The largest absolute Gasteiger partial charge is 0.366 e. The van der Waals surface area contributed by atoms with Crippen molar-refractivity contribution in [2.24, 2.45) is 5.73 Å². The predicted octanol–water partition coefficient (Wildman–Crippen LogP) is 3.16. The molecule has 1 aliphatic carbocycles. The van der Waals surface area contributed by atoms with E-state index in [1.165, 1.54) is 6.20 Å². The molecule has 2 aromatic heterocycles. The van der Waals surface area contributed by atoms with Crippen LogP contribution >= 0.6 is 0 Å². The fraction of sp³-hybridized carbons (Fsp3) is 0.250. The van der Waals surface area contributed by atoms with E-state index in [1.54, 1.807) is 24.3 Å². The lowest BCUT2D eigenvalue weighted by Crippen LogP contribution is -2.11. The van der Waals surface area contributed by atoms with Crippen LogP contribution in [0.15, 0.2) is 41.5 Å². The van der Waals surface area contributed by atoms with Crippen LogP contribution in [0.3, 0.4) is 0 Å². The van der Waals surface area contributed by atoms with E-state index >= 15 is 0 Å². The zero-order valence-electron chi connectivity index (χ0n) is 14.7. The monoisotopic (exact) mass is 361 g/mol. The van der Waals surface area contributed by atoms with E-state index in [1.807, 2.05) is 6.20 Å². The Kier molecular flexibility index (Phi) is 4.16. The summed E-state index contributed by atoms with van der Waals surface area (Å²) in [4.78, 5) is 26.6. The lowest BCUT2D eigenvalue weighted by atomic mass is 10.1. The van der Waals surface area contributed by atoms with Gasteiger partial charge in [-0.3, -0.25) is 9.59 Å². The van der Waals surface area contributed by atoms with E-state index in [0.717, 1.165) is 25.7 Å². The highest BCUT2D eigenvalue weighted by Crippen LogP contribution is 2.36. The molecule has 4 rings (SSSR count). The number of hydrogen-bond donors (Lipinski definition) is 3. The minimum absolute atomic E-state index is 0.255. The van der Waals surface area contributed by atoms with Gasteiger partial charge in [0.2, 0.25) is 5.91 Å². The normalized spacial score (nSPS) is 14.3. The first-order valence-corrected chi connectivity index (χ1v) is 8.91. The third kappa shape index (κ3) is 2.95. The molecule has 1 fully saturated rings. The summed E-state index contributed by atoms with van der Waals surface area (Å²) in [6.45, 7) is 0. The standard InChI is InChI=1S/C20H19N5O2/c21-9-13-10-23-20(27)17-16(11-25(18(13)17)15-6-1-2-7-15)24-14-5-3-4-12(8-14)19(22)26/h3-5,8,10-11,15,24H,1-2,6-7H2,(H2,22,26)(H,23,27). The van der Waals surface area contributed by atoms with Gasteiger partial charge in [0, 0.05) is 29.7 Å². The van der Waals surface area contributed by atoms with E-state index in [4.69, 9.17) is 5.73 Å². The SMILES string of the molecule is N#Cc1c[nH]c(=O)c2c(Nc3cccc(C(N)=O)c3)cn(C3CCCC3)c12. The summed E-state index contributed by atoms with van der Waals surface area (Å²) in [6.07, 6.45) is 7.69. The quantitative estimate of drug-likeness (QED) is 0.661. The maximum absolute atomic E-state index is 12.6. The van der Waals surface area contributed by atoms with Crippen LogP contribution in [0.2, 0.25) is 0 Å². The molecule has 0 saturated heterocycles. The van der Waals surface area contributed by atoms with Crippen LogP contribution in [0.4, 0.5) is 11.4 Å². The summed E-state index contributed by atoms with van der Waals surface area (Å²) in [5.41, 5.74) is 7.83. The molecule has 1 saturated carbocycles. The molecule has 0 bridgehead atoms. The van der Waals surface area contributed by atoms with Crippen molar-refractivity contribution in [3.63, 3.8) is 0 Å². The van der Waals surface area contributed by atoms with Crippen molar-refractivity contribution in [3.8, 4) is 6.07 Å². The number of aromatic amines is 1. The number of pyridine rings is 1. The number of anilines is 2. The van der Waals surface area contributed by atoms with Gasteiger partial charge in [-0.25, -0.2) is 0 Å². The molecular formula is C20H19N5O2. The zero-order chi connectivity index (χ0) is 19.0. The van der Waals surface area contributed by atoms with Crippen molar-refractivity contribution in [3.05, 3.63) is 58.1 Å².